The quantitative estimate of drug-likeness (QED) is 0.681. The Bertz CT molecular complexity index is 955. The Balaban J connectivity index is 1.66. The van der Waals surface area contributed by atoms with Gasteiger partial charge in [0.15, 0.2) is 0 Å². The summed E-state index contributed by atoms with van der Waals surface area (Å²) in [5, 5.41) is 8.19. The van der Waals surface area contributed by atoms with Gasteiger partial charge in [-0.15, -0.1) is 0 Å². The van der Waals surface area contributed by atoms with Gasteiger partial charge in [-0.05, 0) is 41.2 Å². The van der Waals surface area contributed by atoms with Gasteiger partial charge in [0, 0.05) is 38.4 Å². The van der Waals surface area contributed by atoms with Gasteiger partial charge in [-0.25, -0.2) is 9.18 Å². The molecule has 0 fully saturated rings. The molecule has 1 atom stereocenters. The number of halogens is 1. The van der Waals surface area contributed by atoms with Gasteiger partial charge in [0.1, 0.15) is 5.82 Å². The van der Waals surface area contributed by atoms with Crippen LogP contribution in [0.25, 0.3) is 0 Å². The van der Waals surface area contributed by atoms with Crippen molar-refractivity contribution in [1.29, 1.82) is 0 Å². The first-order valence-corrected chi connectivity index (χ1v) is 10.6. The van der Waals surface area contributed by atoms with Crippen LogP contribution < -0.4 is 16.0 Å². The lowest BCUT2D eigenvalue weighted by atomic mass is 9.86. The Morgan fingerprint density at radius 3 is 2.52 bits per heavy atom. The molecule has 0 spiro atoms. The van der Waals surface area contributed by atoms with Gasteiger partial charge in [-0.2, -0.15) is 0 Å². The highest BCUT2D eigenvalue weighted by atomic mass is 19.1. The van der Waals surface area contributed by atoms with E-state index in [0.29, 0.717) is 5.69 Å². The van der Waals surface area contributed by atoms with Crippen LogP contribution in [0.15, 0.2) is 42.5 Å². The van der Waals surface area contributed by atoms with E-state index in [1.165, 1.54) is 36.4 Å². The summed E-state index contributed by atoms with van der Waals surface area (Å²) in [7, 11) is 1.43. The fourth-order valence-corrected chi connectivity index (χ4v) is 3.74. The van der Waals surface area contributed by atoms with E-state index in [2.05, 4.69) is 65.9 Å². The number of fused-ring (bicyclic) bond motifs is 1. The number of rotatable bonds is 5. The van der Waals surface area contributed by atoms with Crippen molar-refractivity contribution in [1.82, 2.24) is 15.5 Å². The highest BCUT2D eigenvalue weighted by molar-refractivity contribution is 5.97. The van der Waals surface area contributed by atoms with Crippen LogP contribution in [0.3, 0.4) is 0 Å². The molecule has 7 heteroatoms. The van der Waals surface area contributed by atoms with Gasteiger partial charge in [-0.3, -0.25) is 9.69 Å². The average molecular weight is 427 g/mol. The molecule has 31 heavy (non-hydrogen) atoms. The number of hydrogen-bond donors (Lipinski definition) is 3. The zero-order valence-electron chi connectivity index (χ0n) is 18.6. The van der Waals surface area contributed by atoms with Gasteiger partial charge in [0.2, 0.25) is 0 Å². The monoisotopic (exact) mass is 426 g/mol. The molecule has 166 valence electrons. The fraction of sp³-hybridized carbons (Fsp3) is 0.417. The van der Waals surface area contributed by atoms with Gasteiger partial charge in [0.25, 0.3) is 5.91 Å². The van der Waals surface area contributed by atoms with Gasteiger partial charge in [-0.1, -0.05) is 45.0 Å². The number of nitrogens with one attached hydrogen (secondary N) is 3. The predicted molar refractivity (Wildman–Crippen MR) is 121 cm³/mol. The molecule has 3 N–H and O–H groups in total. The van der Waals surface area contributed by atoms with E-state index in [-0.39, 0.29) is 23.1 Å². The molecular weight excluding hydrogens is 395 g/mol. The van der Waals surface area contributed by atoms with Crippen LogP contribution in [-0.4, -0.2) is 43.0 Å². The molecule has 0 saturated heterocycles. The van der Waals surface area contributed by atoms with Crippen LogP contribution in [0.2, 0.25) is 0 Å². The normalized spacial score (nSPS) is 15.0. The average Bonchev–Trinajstić information content (AvgIpc) is 2.73. The molecule has 1 aliphatic rings. The largest absolute Gasteiger partial charge is 0.355 e. The minimum absolute atomic E-state index is 0.100. The van der Waals surface area contributed by atoms with E-state index in [1.54, 1.807) is 0 Å². The second-order valence-corrected chi connectivity index (χ2v) is 9.04. The molecule has 0 radical (unpaired) electrons. The molecule has 6 nitrogen and oxygen atoms in total. The number of carbonyl (C=O) groups is 2. The molecule has 2 aromatic carbocycles. The number of amides is 3. The number of benzene rings is 2. The minimum atomic E-state index is -0.636. The van der Waals surface area contributed by atoms with Crippen molar-refractivity contribution < 1.29 is 14.0 Å². The van der Waals surface area contributed by atoms with Gasteiger partial charge in [0.05, 0.1) is 5.56 Å². The summed E-state index contributed by atoms with van der Waals surface area (Å²) < 4.78 is 13.9. The van der Waals surface area contributed by atoms with E-state index in [0.717, 1.165) is 26.1 Å². The lowest BCUT2D eigenvalue weighted by Gasteiger charge is -2.37. The standard InChI is InChI=1S/C24H31FN4O2/c1-24(2,3)21(15-29-12-11-16-7-5-6-8-17(16)14-29)28-23(31)27-18-9-10-20(25)19(13-18)22(30)26-4/h5-10,13,21H,11-12,14-15H2,1-4H3,(H,26,30)(H2,27,28,31)/t21-/m0/s1. The molecule has 1 aliphatic heterocycles. The van der Waals surface area contributed by atoms with Crippen molar-refractivity contribution in [2.24, 2.45) is 5.41 Å². The lowest BCUT2D eigenvalue weighted by Crippen LogP contribution is -2.52. The van der Waals surface area contributed by atoms with Crippen LogP contribution in [0.1, 0.15) is 42.3 Å². The summed E-state index contributed by atoms with van der Waals surface area (Å²) in [6.07, 6.45) is 0.997. The maximum atomic E-state index is 13.9. The van der Waals surface area contributed by atoms with Gasteiger partial charge < -0.3 is 16.0 Å². The second kappa shape index (κ2) is 9.47. The molecule has 3 amide bonds. The predicted octanol–water partition coefficient (Wildman–Crippen LogP) is 3.78. The summed E-state index contributed by atoms with van der Waals surface area (Å²) in [5.41, 5.74) is 2.81. The van der Waals surface area contributed by atoms with Crippen molar-refractivity contribution in [3.63, 3.8) is 0 Å². The third kappa shape index (κ3) is 5.82. The van der Waals surface area contributed by atoms with Crippen LogP contribution in [0.5, 0.6) is 0 Å². The minimum Gasteiger partial charge on any atom is -0.355 e. The van der Waals surface area contributed by atoms with Crippen molar-refractivity contribution >= 4 is 17.6 Å². The SMILES string of the molecule is CNC(=O)c1cc(NC(=O)N[C@@H](CN2CCc3ccccc3C2)C(C)(C)C)ccc1F. The van der Waals surface area contributed by atoms with E-state index in [9.17, 15) is 14.0 Å². The maximum absolute atomic E-state index is 13.9. The zero-order chi connectivity index (χ0) is 22.6. The summed E-state index contributed by atoms with van der Waals surface area (Å²) in [5.74, 6) is -1.18. The fourth-order valence-electron chi connectivity index (χ4n) is 3.74. The smallest absolute Gasteiger partial charge is 0.319 e. The first-order chi connectivity index (χ1) is 14.7. The van der Waals surface area contributed by atoms with Crippen molar-refractivity contribution in [2.45, 2.75) is 39.8 Å². The van der Waals surface area contributed by atoms with Crippen molar-refractivity contribution in [3.05, 3.63) is 65.0 Å². The first-order valence-electron chi connectivity index (χ1n) is 10.6. The third-order valence-corrected chi connectivity index (χ3v) is 5.70. The summed E-state index contributed by atoms with van der Waals surface area (Å²) in [4.78, 5) is 26.9. The molecular formula is C24H31FN4O2. The van der Waals surface area contributed by atoms with E-state index in [4.69, 9.17) is 0 Å². The molecule has 2 aromatic rings. The molecule has 0 saturated carbocycles. The van der Waals surface area contributed by atoms with E-state index in [1.807, 2.05) is 0 Å². The number of nitrogens with zero attached hydrogens (tertiary/aromatic N) is 1. The topological polar surface area (TPSA) is 73.5 Å². The van der Waals surface area contributed by atoms with Crippen molar-refractivity contribution in [2.75, 3.05) is 25.5 Å². The molecule has 1 heterocycles. The van der Waals surface area contributed by atoms with Crippen LogP contribution in [0.4, 0.5) is 14.9 Å². The van der Waals surface area contributed by atoms with Gasteiger partial charge >= 0.3 is 6.03 Å². The highest BCUT2D eigenvalue weighted by Gasteiger charge is 2.29. The summed E-state index contributed by atoms with van der Waals surface area (Å²) in [6.45, 7) is 8.81. The Labute approximate surface area is 183 Å². The molecule has 0 aromatic heterocycles. The van der Waals surface area contributed by atoms with E-state index < -0.39 is 11.7 Å². The summed E-state index contributed by atoms with van der Waals surface area (Å²) >= 11 is 0. The lowest BCUT2D eigenvalue weighted by molar-refractivity contribution is 0.0959. The van der Waals surface area contributed by atoms with Crippen LogP contribution in [-0.2, 0) is 13.0 Å². The second-order valence-electron chi connectivity index (χ2n) is 9.04. The van der Waals surface area contributed by atoms with Crippen LogP contribution >= 0.6 is 0 Å². The van der Waals surface area contributed by atoms with Crippen molar-refractivity contribution in [3.8, 4) is 0 Å². The molecule has 3 rings (SSSR count). The number of anilines is 1. The Morgan fingerprint density at radius 2 is 1.84 bits per heavy atom. The highest BCUT2D eigenvalue weighted by Crippen LogP contribution is 2.24. The van der Waals surface area contributed by atoms with E-state index >= 15 is 0 Å². The Hall–Kier alpha value is -2.93. The molecule has 0 unspecified atom stereocenters. The number of hydrogen-bond acceptors (Lipinski definition) is 3. The molecule has 0 bridgehead atoms. The summed E-state index contributed by atoms with van der Waals surface area (Å²) in [6, 6.07) is 11.9. The Morgan fingerprint density at radius 1 is 1.13 bits per heavy atom. The maximum Gasteiger partial charge on any atom is 0.319 e. The first kappa shape index (κ1) is 22.7. The zero-order valence-corrected chi connectivity index (χ0v) is 18.6. The molecule has 0 aliphatic carbocycles. The Kier molecular flexibility index (Phi) is 6.95. The number of carbonyl (C=O) groups excluding carboxylic acids is 2. The third-order valence-electron chi connectivity index (χ3n) is 5.70. The van der Waals surface area contributed by atoms with Crippen LogP contribution in [0, 0.1) is 11.2 Å². The number of urea groups is 1.